The molecule has 0 spiro atoms. The predicted molar refractivity (Wildman–Crippen MR) is 123 cm³/mol. The summed E-state index contributed by atoms with van der Waals surface area (Å²) in [7, 11) is 0. The van der Waals surface area contributed by atoms with Gasteiger partial charge in [-0.05, 0) is 54.2 Å². The van der Waals surface area contributed by atoms with Crippen LogP contribution in [0.1, 0.15) is 0 Å². The molecule has 0 saturated carbocycles. The molecule has 1 heterocycles. The molecule has 0 radical (unpaired) electrons. The van der Waals surface area contributed by atoms with Crippen LogP contribution in [0.4, 0.5) is 17.1 Å². The Kier molecular flexibility index (Phi) is 5.97. The first-order valence-corrected chi connectivity index (χ1v) is 10.3. The summed E-state index contributed by atoms with van der Waals surface area (Å²) < 4.78 is 0. The maximum absolute atomic E-state index is 13.1. The summed E-state index contributed by atoms with van der Waals surface area (Å²) in [4.78, 5) is 32.0. The molecule has 1 aliphatic rings. The van der Waals surface area contributed by atoms with Crippen molar-refractivity contribution in [1.29, 1.82) is 0 Å². The number of hydrogen-bond donors (Lipinski definition) is 1. The number of para-hydroxylation sites is 2. The van der Waals surface area contributed by atoms with Crippen LogP contribution in [0.15, 0.2) is 101 Å². The van der Waals surface area contributed by atoms with E-state index in [0.717, 1.165) is 17.4 Å². The Hall–Kier alpha value is -3.35. The summed E-state index contributed by atoms with van der Waals surface area (Å²) in [5.41, 5.74) is 1.96. The molecule has 0 bridgehead atoms. The van der Waals surface area contributed by atoms with Crippen molar-refractivity contribution in [2.24, 2.45) is 4.99 Å². The number of amidine groups is 1. The third-order valence-corrected chi connectivity index (χ3v) is 5.36. The summed E-state index contributed by atoms with van der Waals surface area (Å²) in [6.07, 6.45) is 1.29. The number of nitrogens with zero attached hydrogens (tertiary/aromatic N) is 2. The predicted octanol–water partition coefficient (Wildman–Crippen LogP) is 5.63. The second-order valence-corrected chi connectivity index (χ2v) is 7.76. The molecule has 2 amide bonds. The van der Waals surface area contributed by atoms with Gasteiger partial charge in [0.15, 0.2) is 5.17 Å². The third-order valence-electron chi connectivity index (χ3n) is 4.16. The largest absolute Gasteiger partial charge is 0.322 e. The van der Waals surface area contributed by atoms with Gasteiger partial charge in [0.1, 0.15) is 0 Å². The maximum Gasteiger partial charge on any atom is 0.271 e. The van der Waals surface area contributed by atoms with E-state index in [2.05, 4.69) is 10.3 Å². The van der Waals surface area contributed by atoms with Crippen molar-refractivity contribution in [2.75, 3.05) is 10.2 Å². The van der Waals surface area contributed by atoms with Crippen LogP contribution >= 0.6 is 23.4 Å². The van der Waals surface area contributed by atoms with Crippen LogP contribution in [0, 0.1) is 0 Å². The number of carbonyl (C=O) groups excluding carboxylic acids is 2. The monoisotopic (exact) mass is 433 g/mol. The molecule has 1 N–H and O–H groups in total. The van der Waals surface area contributed by atoms with E-state index in [1.165, 1.54) is 11.0 Å². The van der Waals surface area contributed by atoms with Gasteiger partial charge < -0.3 is 5.32 Å². The minimum Gasteiger partial charge on any atom is -0.322 e. The van der Waals surface area contributed by atoms with Gasteiger partial charge in [0.05, 0.1) is 16.3 Å². The molecular weight excluding hydrogens is 418 g/mol. The molecule has 0 atom stereocenters. The molecule has 1 aliphatic heterocycles. The molecule has 1 fully saturated rings. The van der Waals surface area contributed by atoms with Crippen LogP contribution in [0.25, 0.3) is 0 Å². The molecule has 148 valence electrons. The lowest BCUT2D eigenvalue weighted by Crippen LogP contribution is -2.28. The normalized spacial score (nSPS) is 16.3. The van der Waals surface area contributed by atoms with Crippen molar-refractivity contribution in [3.63, 3.8) is 0 Å². The Morgan fingerprint density at radius 1 is 0.967 bits per heavy atom. The fraction of sp³-hybridized carbons (Fsp3) is 0. The van der Waals surface area contributed by atoms with Crippen LogP contribution in [0.5, 0.6) is 0 Å². The summed E-state index contributed by atoms with van der Waals surface area (Å²) >= 11 is 7.12. The van der Waals surface area contributed by atoms with Gasteiger partial charge in [0, 0.05) is 16.8 Å². The number of rotatable bonds is 4. The Balaban J connectivity index is 1.65. The smallest absolute Gasteiger partial charge is 0.271 e. The number of hydrogen-bond acceptors (Lipinski definition) is 4. The minimum atomic E-state index is -0.415. The zero-order chi connectivity index (χ0) is 20.9. The molecule has 7 heteroatoms. The van der Waals surface area contributed by atoms with E-state index in [0.29, 0.717) is 21.6 Å². The number of nitrogens with one attached hydrogen (secondary N) is 1. The van der Waals surface area contributed by atoms with Crippen molar-refractivity contribution >= 4 is 57.4 Å². The Morgan fingerprint density at radius 3 is 2.37 bits per heavy atom. The Bertz CT molecular complexity index is 1150. The molecule has 0 unspecified atom stereocenters. The van der Waals surface area contributed by atoms with E-state index in [-0.39, 0.29) is 10.8 Å². The number of carbonyl (C=O) groups is 2. The molecule has 3 aromatic carbocycles. The topological polar surface area (TPSA) is 61.8 Å². The van der Waals surface area contributed by atoms with E-state index in [1.807, 2.05) is 60.7 Å². The third kappa shape index (κ3) is 4.62. The van der Waals surface area contributed by atoms with Crippen molar-refractivity contribution in [2.45, 2.75) is 0 Å². The van der Waals surface area contributed by atoms with Gasteiger partial charge >= 0.3 is 0 Å². The van der Waals surface area contributed by atoms with Crippen LogP contribution in [-0.2, 0) is 9.59 Å². The van der Waals surface area contributed by atoms with E-state index in [9.17, 15) is 9.59 Å². The molecule has 0 aliphatic carbocycles. The van der Waals surface area contributed by atoms with E-state index in [1.54, 1.807) is 24.3 Å². The van der Waals surface area contributed by atoms with Crippen LogP contribution in [-0.4, -0.2) is 17.0 Å². The molecule has 5 nitrogen and oxygen atoms in total. The summed E-state index contributed by atoms with van der Waals surface area (Å²) in [5, 5.41) is 3.72. The summed E-state index contributed by atoms with van der Waals surface area (Å²) in [5.74, 6) is -0.718. The number of halogens is 1. The number of benzene rings is 3. The van der Waals surface area contributed by atoms with Crippen molar-refractivity contribution in [3.05, 3.63) is 101 Å². The average Bonchev–Trinajstić information content (AvgIpc) is 3.04. The van der Waals surface area contributed by atoms with Crippen molar-refractivity contribution < 1.29 is 9.59 Å². The second kappa shape index (κ2) is 8.98. The van der Waals surface area contributed by atoms with E-state index < -0.39 is 5.91 Å². The zero-order valence-corrected chi connectivity index (χ0v) is 17.2. The lowest BCUT2D eigenvalue weighted by Gasteiger charge is -2.15. The fourth-order valence-electron chi connectivity index (χ4n) is 2.83. The highest BCUT2D eigenvalue weighted by Crippen LogP contribution is 2.36. The first kappa shape index (κ1) is 19.9. The maximum atomic E-state index is 13.1. The first-order valence-electron chi connectivity index (χ1n) is 9.09. The summed E-state index contributed by atoms with van der Waals surface area (Å²) in [6.45, 7) is 0. The number of aliphatic imine (C=N–C) groups is 1. The van der Waals surface area contributed by atoms with Crippen molar-refractivity contribution in [3.8, 4) is 0 Å². The van der Waals surface area contributed by atoms with Gasteiger partial charge in [0.2, 0.25) is 5.91 Å². The van der Waals surface area contributed by atoms with Gasteiger partial charge in [0.25, 0.3) is 5.91 Å². The molecule has 0 aromatic heterocycles. The van der Waals surface area contributed by atoms with Crippen LogP contribution < -0.4 is 10.2 Å². The van der Waals surface area contributed by atoms with Crippen molar-refractivity contribution in [1.82, 2.24) is 0 Å². The SMILES string of the molecule is O=C(/C=C1\SC(=Nc2ccccc2)N(c2ccccc2)C1=O)Nc1cccc(Cl)c1. The summed E-state index contributed by atoms with van der Waals surface area (Å²) in [6, 6.07) is 25.4. The number of anilines is 2. The van der Waals surface area contributed by atoms with Gasteiger partial charge in [-0.3, -0.25) is 14.5 Å². The second-order valence-electron chi connectivity index (χ2n) is 6.32. The standard InChI is InChI=1S/C23H16ClN3O2S/c24-16-8-7-11-18(14-16)25-21(28)15-20-22(29)27(19-12-5-2-6-13-19)23(30-20)26-17-9-3-1-4-10-17/h1-15H,(H,25,28)/b20-15-,26-23?. The van der Waals surface area contributed by atoms with E-state index >= 15 is 0 Å². The lowest BCUT2D eigenvalue weighted by atomic mass is 10.3. The average molecular weight is 434 g/mol. The van der Waals surface area contributed by atoms with Gasteiger partial charge in [-0.1, -0.05) is 54.1 Å². The first-order chi connectivity index (χ1) is 14.6. The van der Waals surface area contributed by atoms with Crippen LogP contribution in [0.2, 0.25) is 5.02 Å². The zero-order valence-electron chi connectivity index (χ0n) is 15.7. The molecule has 1 saturated heterocycles. The molecule has 3 aromatic rings. The quantitative estimate of drug-likeness (QED) is 0.542. The minimum absolute atomic E-state index is 0.285. The molecule has 30 heavy (non-hydrogen) atoms. The Labute approximate surface area is 183 Å². The highest BCUT2D eigenvalue weighted by Gasteiger charge is 2.35. The van der Waals surface area contributed by atoms with E-state index in [4.69, 9.17) is 11.6 Å². The van der Waals surface area contributed by atoms with Gasteiger partial charge in [-0.2, -0.15) is 0 Å². The molecular formula is C23H16ClN3O2S. The highest BCUT2D eigenvalue weighted by molar-refractivity contribution is 8.19. The van der Waals surface area contributed by atoms with Gasteiger partial charge in [-0.15, -0.1) is 0 Å². The number of amides is 2. The van der Waals surface area contributed by atoms with Crippen LogP contribution in [0.3, 0.4) is 0 Å². The lowest BCUT2D eigenvalue weighted by molar-refractivity contribution is -0.115. The Morgan fingerprint density at radius 2 is 1.67 bits per heavy atom. The molecule has 4 rings (SSSR count). The highest BCUT2D eigenvalue weighted by atomic mass is 35.5. The fourth-order valence-corrected chi connectivity index (χ4v) is 3.99. The number of thioether (sulfide) groups is 1. The van der Waals surface area contributed by atoms with Gasteiger partial charge in [-0.25, -0.2) is 4.99 Å².